The number of aromatic amines is 1. The summed E-state index contributed by atoms with van der Waals surface area (Å²) in [5, 5.41) is 29.4. The van der Waals surface area contributed by atoms with E-state index in [-0.39, 0.29) is 12.1 Å². The van der Waals surface area contributed by atoms with Gasteiger partial charge in [0.15, 0.2) is 11.8 Å². The average Bonchev–Trinajstić information content (AvgIpc) is 3.19. The molecule has 1 amide bonds. The first-order valence-electron chi connectivity index (χ1n) is 8.62. The minimum Gasteiger partial charge on any atom is -0.479 e. The number of carboxylic acids is 1. The summed E-state index contributed by atoms with van der Waals surface area (Å²) >= 11 is 12.3. The third-order valence-corrected chi connectivity index (χ3v) is 5.02. The predicted octanol–water partition coefficient (Wildman–Crippen LogP) is 3.17. The van der Waals surface area contributed by atoms with Crippen LogP contribution in [-0.4, -0.2) is 44.4 Å². The highest BCUT2D eigenvalue weighted by atomic mass is 35.5. The normalized spacial score (nSPS) is 12.9. The van der Waals surface area contributed by atoms with Crippen molar-refractivity contribution in [1.82, 2.24) is 15.5 Å². The number of rotatable bonds is 7. The number of benzene rings is 2. The Morgan fingerprint density at radius 2 is 1.72 bits per heavy atom. The summed E-state index contributed by atoms with van der Waals surface area (Å²) in [5.41, 5.74) is 1.82. The van der Waals surface area contributed by atoms with Gasteiger partial charge in [-0.25, -0.2) is 4.79 Å². The zero-order valence-electron chi connectivity index (χ0n) is 15.0. The van der Waals surface area contributed by atoms with Crippen LogP contribution in [0.15, 0.2) is 54.6 Å². The number of aliphatic hydroxyl groups is 1. The van der Waals surface area contributed by atoms with Crippen LogP contribution in [0.2, 0.25) is 10.0 Å². The van der Waals surface area contributed by atoms with E-state index in [0.717, 1.165) is 0 Å². The van der Waals surface area contributed by atoms with Crippen LogP contribution in [-0.2, 0) is 11.2 Å². The van der Waals surface area contributed by atoms with Crippen molar-refractivity contribution < 1.29 is 19.8 Å². The number of H-pyrrole nitrogens is 1. The number of aromatic nitrogens is 2. The topological polar surface area (TPSA) is 115 Å². The molecule has 0 aliphatic heterocycles. The lowest BCUT2D eigenvalue weighted by Gasteiger charge is -2.21. The van der Waals surface area contributed by atoms with E-state index in [1.54, 1.807) is 48.5 Å². The number of nitrogens with one attached hydrogen (secondary N) is 2. The van der Waals surface area contributed by atoms with E-state index >= 15 is 0 Å². The molecule has 0 fully saturated rings. The Hall–Kier alpha value is -2.87. The Kier molecular flexibility index (Phi) is 6.53. The predicted molar refractivity (Wildman–Crippen MR) is 109 cm³/mol. The second kappa shape index (κ2) is 9.09. The maximum absolute atomic E-state index is 12.6. The molecule has 4 N–H and O–H groups in total. The van der Waals surface area contributed by atoms with Gasteiger partial charge in [0.1, 0.15) is 0 Å². The van der Waals surface area contributed by atoms with E-state index in [0.29, 0.717) is 26.9 Å². The van der Waals surface area contributed by atoms with Crippen molar-refractivity contribution in [3.8, 4) is 11.3 Å². The number of carboxylic acid groups (broad SMARTS) is 1. The van der Waals surface area contributed by atoms with Gasteiger partial charge in [-0.05, 0) is 30.2 Å². The molecule has 0 bridgehead atoms. The van der Waals surface area contributed by atoms with Gasteiger partial charge in [0.2, 0.25) is 0 Å². The molecule has 0 spiro atoms. The quantitative estimate of drug-likeness (QED) is 0.456. The van der Waals surface area contributed by atoms with Gasteiger partial charge in [0.25, 0.3) is 5.91 Å². The second-order valence-electron chi connectivity index (χ2n) is 6.31. The van der Waals surface area contributed by atoms with Gasteiger partial charge >= 0.3 is 5.97 Å². The number of nitrogens with zero attached hydrogens (tertiary/aromatic N) is 1. The molecule has 0 aliphatic rings. The van der Waals surface area contributed by atoms with Gasteiger partial charge < -0.3 is 15.5 Å². The lowest BCUT2D eigenvalue weighted by Crippen LogP contribution is -2.48. The van der Waals surface area contributed by atoms with Crippen LogP contribution in [0.25, 0.3) is 11.3 Å². The Morgan fingerprint density at radius 1 is 1.07 bits per heavy atom. The van der Waals surface area contributed by atoms with Crippen molar-refractivity contribution in [1.29, 1.82) is 0 Å². The Balaban J connectivity index is 1.81. The summed E-state index contributed by atoms with van der Waals surface area (Å²) in [6.07, 6.45) is -1.79. The molecule has 2 aromatic carbocycles. The number of aliphatic hydroxyl groups excluding tert-OH is 1. The van der Waals surface area contributed by atoms with Crippen molar-refractivity contribution in [3.05, 3.63) is 75.9 Å². The molecule has 3 aromatic rings. The van der Waals surface area contributed by atoms with Gasteiger partial charge in [-0.3, -0.25) is 9.89 Å². The largest absolute Gasteiger partial charge is 0.479 e. The fraction of sp³-hybridized carbons (Fsp3) is 0.150. The molecule has 1 aromatic heterocycles. The Morgan fingerprint density at radius 3 is 2.38 bits per heavy atom. The number of hydrogen-bond donors (Lipinski definition) is 4. The number of carbonyl (C=O) groups is 2. The lowest BCUT2D eigenvalue weighted by atomic mass is 10.0. The smallest absolute Gasteiger partial charge is 0.334 e. The van der Waals surface area contributed by atoms with Crippen molar-refractivity contribution >= 4 is 35.1 Å². The first-order valence-corrected chi connectivity index (χ1v) is 9.38. The van der Waals surface area contributed by atoms with Crippen molar-refractivity contribution in [2.45, 2.75) is 18.6 Å². The zero-order chi connectivity index (χ0) is 21.0. The summed E-state index contributed by atoms with van der Waals surface area (Å²) in [5.74, 6) is -2.10. The van der Waals surface area contributed by atoms with Gasteiger partial charge in [0, 0.05) is 15.6 Å². The maximum atomic E-state index is 12.6. The standard InChI is InChI=1S/C20H17Cl2N3O4/c21-13-7-3-1-5-11(13)9-16(18(26)20(28)29)23-19(27)17-10-15(24-25-17)12-6-2-4-8-14(12)22/h1-8,10,16,18,26H,9H2,(H,23,27)(H,24,25)(H,28,29). The summed E-state index contributed by atoms with van der Waals surface area (Å²) < 4.78 is 0. The highest BCUT2D eigenvalue weighted by molar-refractivity contribution is 6.33. The average molecular weight is 434 g/mol. The molecule has 9 heteroatoms. The van der Waals surface area contributed by atoms with E-state index in [4.69, 9.17) is 23.2 Å². The zero-order valence-corrected chi connectivity index (χ0v) is 16.5. The Bertz CT molecular complexity index is 1040. The van der Waals surface area contributed by atoms with Crippen molar-refractivity contribution in [3.63, 3.8) is 0 Å². The van der Waals surface area contributed by atoms with Gasteiger partial charge in [-0.1, -0.05) is 59.6 Å². The third-order valence-electron chi connectivity index (χ3n) is 4.32. The van der Waals surface area contributed by atoms with Gasteiger partial charge in [-0.15, -0.1) is 0 Å². The van der Waals surface area contributed by atoms with Gasteiger partial charge in [-0.2, -0.15) is 5.10 Å². The van der Waals surface area contributed by atoms with Crippen LogP contribution in [0.4, 0.5) is 0 Å². The fourth-order valence-corrected chi connectivity index (χ4v) is 3.26. The number of aliphatic carboxylic acids is 1. The molecule has 150 valence electrons. The molecule has 7 nitrogen and oxygen atoms in total. The highest BCUT2D eigenvalue weighted by Gasteiger charge is 2.29. The first kappa shape index (κ1) is 20.9. The molecule has 0 saturated heterocycles. The minimum atomic E-state index is -1.82. The number of hydrogen-bond acceptors (Lipinski definition) is 4. The number of halogens is 2. The summed E-state index contributed by atoms with van der Waals surface area (Å²) in [6, 6.07) is 14.2. The molecular weight excluding hydrogens is 417 g/mol. The van der Waals surface area contributed by atoms with Gasteiger partial charge in [0.05, 0.1) is 11.7 Å². The lowest BCUT2D eigenvalue weighted by molar-refractivity contribution is -0.148. The summed E-state index contributed by atoms with van der Waals surface area (Å²) in [4.78, 5) is 23.9. The van der Waals surface area contributed by atoms with E-state index in [2.05, 4.69) is 15.5 Å². The molecule has 1 heterocycles. The van der Waals surface area contributed by atoms with Crippen LogP contribution in [0.5, 0.6) is 0 Å². The van der Waals surface area contributed by atoms with Crippen LogP contribution in [0.1, 0.15) is 16.1 Å². The second-order valence-corrected chi connectivity index (χ2v) is 7.12. The van der Waals surface area contributed by atoms with Crippen LogP contribution < -0.4 is 5.32 Å². The molecular formula is C20H17Cl2N3O4. The third kappa shape index (κ3) is 4.95. The van der Waals surface area contributed by atoms with Crippen LogP contribution in [0, 0.1) is 0 Å². The minimum absolute atomic E-state index is 0.0284. The SMILES string of the molecule is O=C(NC(Cc1ccccc1Cl)C(O)C(=O)O)c1cc(-c2ccccc2Cl)[nH]n1. The molecule has 3 rings (SSSR count). The summed E-state index contributed by atoms with van der Waals surface area (Å²) in [7, 11) is 0. The molecule has 2 atom stereocenters. The number of amides is 1. The monoisotopic (exact) mass is 433 g/mol. The van der Waals surface area contributed by atoms with Crippen molar-refractivity contribution in [2.75, 3.05) is 0 Å². The molecule has 0 saturated carbocycles. The number of carbonyl (C=O) groups excluding carboxylic acids is 1. The fourth-order valence-electron chi connectivity index (χ4n) is 2.81. The van der Waals surface area contributed by atoms with E-state index < -0.39 is 24.0 Å². The van der Waals surface area contributed by atoms with Crippen LogP contribution in [0.3, 0.4) is 0 Å². The van der Waals surface area contributed by atoms with Crippen molar-refractivity contribution in [2.24, 2.45) is 0 Å². The molecule has 29 heavy (non-hydrogen) atoms. The van der Waals surface area contributed by atoms with Crippen LogP contribution >= 0.6 is 23.2 Å². The van der Waals surface area contributed by atoms with E-state index in [1.165, 1.54) is 6.07 Å². The first-order chi connectivity index (χ1) is 13.9. The molecule has 0 radical (unpaired) electrons. The Labute approximate surface area is 176 Å². The molecule has 2 unspecified atom stereocenters. The van der Waals surface area contributed by atoms with E-state index in [1.807, 2.05) is 0 Å². The summed E-state index contributed by atoms with van der Waals surface area (Å²) in [6.45, 7) is 0. The van der Waals surface area contributed by atoms with E-state index in [9.17, 15) is 19.8 Å². The molecule has 0 aliphatic carbocycles. The maximum Gasteiger partial charge on any atom is 0.334 e. The highest BCUT2D eigenvalue weighted by Crippen LogP contribution is 2.26.